The molecule has 0 bridgehead atoms. The van der Waals surface area contributed by atoms with E-state index in [-0.39, 0.29) is 32.7 Å². The summed E-state index contributed by atoms with van der Waals surface area (Å²) in [5, 5.41) is 8.26. The third-order valence-electron chi connectivity index (χ3n) is 1.59. The third kappa shape index (κ3) is 4.84. The molecule has 0 aromatic carbocycles. The number of hydrogen-bond donors (Lipinski definition) is 1. The number of carboxylic acids is 1. The minimum absolute atomic E-state index is 0. The molecule has 0 spiro atoms. The molecule has 3 heteroatoms. The molecule has 2 nitrogen and oxygen atoms in total. The molecule has 0 saturated carbocycles. The quantitative estimate of drug-likeness (QED) is 0.588. The van der Waals surface area contributed by atoms with E-state index in [0.717, 1.165) is 24.8 Å². The maximum atomic E-state index is 10.1. The summed E-state index contributed by atoms with van der Waals surface area (Å²) in [6.45, 7) is 0. The van der Waals surface area contributed by atoms with Gasteiger partial charge in [0, 0.05) is 32.7 Å². The van der Waals surface area contributed by atoms with Crippen LogP contribution in [0.1, 0.15) is 25.7 Å². The summed E-state index contributed by atoms with van der Waals surface area (Å²) in [6, 6.07) is 0. The van der Waals surface area contributed by atoms with E-state index < -0.39 is 5.97 Å². The minimum atomic E-state index is -1.01. The van der Waals surface area contributed by atoms with E-state index in [1.807, 2.05) is 0 Å². The van der Waals surface area contributed by atoms with Gasteiger partial charge in [-0.2, -0.15) is 0 Å². The fourth-order valence-electron chi connectivity index (χ4n) is 1.05. The van der Waals surface area contributed by atoms with Crippen LogP contribution in [0.25, 0.3) is 0 Å². The largest absolute Gasteiger partial charge is 0.493 e. The van der Waals surface area contributed by atoms with Gasteiger partial charge in [-0.1, -0.05) is 12.8 Å². The van der Waals surface area contributed by atoms with E-state index in [2.05, 4.69) is 12.2 Å². The smallest absolute Gasteiger partial charge is 0.217 e. The van der Waals surface area contributed by atoms with Crippen molar-refractivity contribution in [2.75, 3.05) is 0 Å². The standard InChI is InChI=1S/C9H10O2.Y/c10-9(11)7-6-8-4-2-1-3-5-8;/h6H,1-4H2,(H,10,11);/q-2;. The van der Waals surface area contributed by atoms with Crippen molar-refractivity contribution in [3.05, 3.63) is 23.8 Å². The molecule has 0 aromatic rings. The Labute approximate surface area is 97.6 Å². The zero-order valence-electron chi connectivity index (χ0n) is 6.84. The molecule has 63 valence electrons. The molecular formula is C9H10O2Y-2. The Morgan fingerprint density at radius 2 is 2.33 bits per heavy atom. The van der Waals surface area contributed by atoms with Crippen LogP contribution in [0.4, 0.5) is 0 Å². The number of hydrogen-bond acceptors (Lipinski definition) is 1. The number of rotatable bonds is 2. The van der Waals surface area contributed by atoms with Crippen LogP contribution in [0, 0.1) is 12.2 Å². The van der Waals surface area contributed by atoms with Gasteiger partial charge in [-0.3, -0.25) is 10.9 Å². The zero-order chi connectivity index (χ0) is 8.10. The van der Waals surface area contributed by atoms with Crippen molar-refractivity contribution in [2.24, 2.45) is 0 Å². The first kappa shape index (κ1) is 12.1. The van der Waals surface area contributed by atoms with E-state index >= 15 is 0 Å². The normalized spacial score (nSPS) is 16.8. The molecule has 0 atom stereocenters. The van der Waals surface area contributed by atoms with Crippen LogP contribution in [-0.4, -0.2) is 11.1 Å². The number of carbonyl (C=O) groups is 1. The van der Waals surface area contributed by atoms with Gasteiger partial charge in [0.2, 0.25) is 5.97 Å². The van der Waals surface area contributed by atoms with Crippen LogP contribution in [0.3, 0.4) is 0 Å². The summed E-state index contributed by atoms with van der Waals surface area (Å²) >= 11 is 0. The van der Waals surface area contributed by atoms with E-state index in [1.165, 1.54) is 12.5 Å². The van der Waals surface area contributed by atoms with Crippen LogP contribution in [0.5, 0.6) is 0 Å². The van der Waals surface area contributed by atoms with Gasteiger partial charge in [-0.05, 0) is 0 Å². The second-order valence-electron chi connectivity index (χ2n) is 2.50. The number of carboxylic acid groups (broad SMARTS) is 1. The number of aliphatic carboxylic acids is 1. The third-order valence-corrected chi connectivity index (χ3v) is 1.59. The summed E-state index contributed by atoms with van der Waals surface area (Å²) in [6.07, 6.45) is 11.0. The van der Waals surface area contributed by atoms with Gasteiger partial charge in [0.15, 0.2) is 0 Å². The molecule has 1 aliphatic carbocycles. The monoisotopic (exact) mass is 239 g/mol. The van der Waals surface area contributed by atoms with E-state index in [0.29, 0.717) is 0 Å². The van der Waals surface area contributed by atoms with Crippen LogP contribution < -0.4 is 0 Å². The Morgan fingerprint density at radius 1 is 1.58 bits per heavy atom. The van der Waals surface area contributed by atoms with E-state index in [1.54, 1.807) is 0 Å². The van der Waals surface area contributed by atoms with Crippen molar-refractivity contribution in [1.82, 2.24) is 0 Å². The van der Waals surface area contributed by atoms with Crippen molar-refractivity contribution in [2.45, 2.75) is 25.7 Å². The fraction of sp³-hybridized carbons (Fsp3) is 0.444. The van der Waals surface area contributed by atoms with Gasteiger partial charge in [-0.15, -0.1) is 12.8 Å². The molecule has 12 heavy (non-hydrogen) atoms. The average molecular weight is 239 g/mol. The maximum absolute atomic E-state index is 10.1. The van der Waals surface area contributed by atoms with Crippen LogP contribution in [0.15, 0.2) is 11.6 Å². The van der Waals surface area contributed by atoms with Gasteiger partial charge in [0.05, 0.1) is 0 Å². The Balaban J connectivity index is 0.00000121. The van der Waals surface area contributed by atoms with Gasteiger partial charge >= 0.3 is 0 Å². The van der Waals surface area contributed by atoms with Gasteiger partial charge in [0.25, 0.3) is 0 Å². The predicted molar refractivity (Wildman–Crippen MR) is 40.7 cm³/mol. The first-order valence-corrected chi connectivity index (χ1v) is 3.71. The molecule has 1 N–H and O–H groups in total. The summed E-state index contributed by atoms with van der Waals surface area (Å²) in [4.78, 5) is 10.1. The van der Waals surface area contributed by atoms with Crippen molar-refractivity contribution in [3.63, 3.8) is 0 Å². The topological polar surface area (TPSA) is 37.3 Å². The van der Waals surface area contributed by atoms with Gasteiger partial charge < -0.3 is 22.8 Å². The molecule has 1 radical (unpaired) electrons. The maximum Gasteiger partial charge on any atom is 0.217 e. The Bertz CT molecular complexity index is 207. The van der Waals surface area contributed by atoms with Gasteiger partial charge in [-0.25, -0.2) is 0 Å². The molecule has 1 rings (SSSR count). The van der Waals surface area contributed by atoms with Crippen molar-refractivity contribution >= 4 is 5.97 Å². The SMILES string of the molecule is O=C(O)[C-]=CC1=[C-]CCCC1.[Y]. The predicted octanol–water partition coefficient (Wildman–Crippen LogP) is 1.73. The number of allylic oxidation sites excluding steroid dienone is 3. The first-order valence-electron chi connectivity index (χ1n) is 3.71. The molecule has 1 aliphatic rings. The molecule has 0 fully saturated rings. The Kier molecular flexibility index (Phi) is 6.59. The molecular weight excluding hydrogens is 229 g/mol. The summed E-state index contributed by atoms with van der Waals surface area (Å²) in [5.74, 6) is -1.01. The second kappa shape index (κ2) is 6.56. The fourth-order valence-corrected chi connectivity index (χ4v) is 1.05. The molecule has 0 amide bonds. The molecule has 0 heterocycles. The van der Waals surface area contributed by atoms with Crippen molar-refractivity contribution < 1.29 is 42.6 Å². The summed E-state index contributed by atoms with van der Waals surface area (Å²) < 4.78 is 0. The average Bonchev–Trinajstić information content (AvgIpc) is 2.03. The van der Waals surface area contributed by atoms with Gasteiger partial charge in [0.1, 0.15) is 0 Å². The molecule has 0 aliphatic heterocycles. The zero-order valence-corrected chi connectivity index (χ0v) is 9.68. The van der Waals surface area contributed by atoms with Crippen LogP contribution in [0.2, 0.25) is 0 Å². The summed E-state index contributed by atoms with van der Waals surface area (Å²) in [7, 11) is 0. The van der Waals surface area contributed by atoms with Crippen molar-refractivity contribution in [1.29, 1.82) is 0 Å². The first-order chi connectivity index (χ1) is 5.29. The molecule has 0 saturated heterocycles. The van der Waals surface area contributed by atoms with Crippen LogP contribution >= 0.6 is 0 Å². The Hall–Kier alpha value is 0.0539. The minimum Gasteiger partial charge on any atom is -0.493 e. The van der Waals surface area contributed by atoms with Crippen LogP contribution in [-0.2, 0) is 37.5 Å². The molecule has 0 aromatic heterocycles. The summed E-state index contributed by atoms with van der Waals surface area (Å²) in [5.41, 5.74) is 0.985. The van der Waals surface area contributed by atoms with Crippen molar-refractivity contribution in [3.8, 4) is 0 Å². The van der Waals surface area contributed by atoms with E-state index in [9.17, 15) is 4.79 Å². The van der Waals surface area contributed by atoms with E-state index in [4.69, 9.17) is 5.11 Å². The second-order valence-corrected chi connectivity index (χ2v) is 2.50. The molecule has 0 unspecified atom stereocenters. The Morgan fingerprint density at radius 3 is 2.83 bits per heavy atom.